The highest BCUT2D eigenvalue weighted by Gasteiger charge is 2.18. The second kappa shape index (κ2) is 5.94. The largest absolute Gasteiger partial charge is 0.487 e. The van der Waals surface area contributed by atoms with Crippen molar-refractivity contribution in [3.63, 3.8) is 0 Å². The molecule has 0 spiro atoms. The Morgan fingerprint density at radius 3 is 2.50 bits per heavy atom. The smallest absolute Gasteiger partial charge is 0.244 e. The van der Waals surface area contributed by atoms with Gasteiger partial charge in [0.2, 0.25) is 10.0 Å². The Balaban J connectivity index is 2.28. The molecule has 0 bridgehead atoms. The van der Waals surface area contributed by atoms with Crippen molar-refractivity contribution in [2.24, 2.45) is 0 Å². The van der Waals surface area contributed by atoms with Crippen LogP contribution in [0.1, 0.15) is 5.56 Å². The van der Waals surface area contributed by atoms with Gasteiger partial charge in [-0.2, -0.15) is 0 Å². The Kier molecular flexibility index (Phi) is 4.26. The van der Waals surface area contributed by atoms with Gasteiger partial charge in [0.1, 0.15) is 17.3 Å². The van der Waals surface area contributed by atoms with Crippen molar-refractivity contribution >= 4 is 15.7 Å². The highest BCUT2D eigenvalue weighted by atomic mass is 32.2. The molecule has 0 radical (unpaired) electrons. The van der Waals surface area contributed by atoms with Crippen molar-refractivity contribution in [3.05, 3.63) is 54.1 Å². The molecule has 2 aromatic carbocycles. The van der Waals surface area contributed by atoms with Crippen molar-refractivity contribution in [2.75, 3.05) is 12.8 Å². The maximum atomic E-state index is 11.9. The van der Waals surface area contributed by atoms with E-state index in [1.165, 1.54) is 13.1 Å². The molecule has 0 atom stereocenters. The molecule has 0 unspecified atom stereocenters. The first kappa shape index (κ1) is 14.4. The van der Waals surface area contributed by atoms with Gasteiger partial charge in [0.05, 0.1) is 0 Å². The molecule has 0 aliphatic heterocycles. The van der Waals surface area contributed by atoms with Crippen LogP contribution >= 0.6 is 0 Å². The van der Waals surface area contributed by atoms with E-state index in [0.717, 1.165) is 5.56 Å². The van der Waals surface area contributed by atoms with Crippen molar-refractivity contribution in [2.45, 2.75) is 11.5 Å². The normalized spacial score (nSPS) is 11.2. The van der Waals surface area contributed by atoms with Gasteiger partial charge in [-0.3, -0.25) is 0 Å². The quantitative estimate of drug-likeness (QED) is 0.823. The maximum absolute atomic E-state index is 11.9. The van der Waals surface area contributed by atoms with E-state index in [0.29, 0.717) is 5.69 Å². The third kappa shape index (κ3) is 3.28. The summed E-state index contributed by atoms with van der Waals surface area (Å²) in [6.45, 7) is 0.289. The number of nitrogen functional groups attached to an aromatic ring is 1. The van der Waals surface area contributed by atoms with E-state index in [1.807, 2.05) is 30.3 Å². The molecule has 0 amide bonds. The molecule has 3 N–H and O–H groups in total. The molecular formula is C14H16N2O3S. The van der Waals surface area contributed by atoms with E-state index in [-0.39, 0.29) is 17.3 Å². The molecule has 106 valence electrons. The standard InChI is InChI=1S/C14H16N2O3S/c1-16-20(17,18)14-9-12(15)7-8-13(14)19-10-11-5-3-2-4-6-11/h2-9,16H,10,15H2,1H3. The van der Waals surface area contributed by atoms with Crippen LogP contribution in [0.5, 0.6) is 5.75 Å². The van der Waals surface area contributed by atoms with Crippen molar-refractivity contribution in [1.82, 2.24) is 4.72 Å². The average Bonchev–Trinajstić information content (AvgIpc) is 2.47. The minimum atomic E-state index is -3.61. The Labute approximate surface area is 118 Å². The van der Waals surface area contributed by atoms with Crippen LogP contribution in [-0.4, -0.2) is 15.5 Å². The highest BCUT2D eigenvalue weighted by Crippen LogP contribution is 2.26. The van der Waals surface area contributed by atoms with E-state index in [9.17, 15) is 8.42 Å². The predicted molar refractivity (Wildman–Crippen MR) is 77.9 cm³/mol. The van der Waals surface area contributed by atoms with Gasteiger partial charge in [-0.1, -0.05) is 30.3 Å². The fourth-order valence-corrected chi connectivity index (χ4v) is 2.60. The molecule has 0 fully saturated rings. The van der Waals surface area contributed by atoms with Crippen molar-refractivity contribution in [1.29, 1.82) is 0 Å². The lowest BCUT2D eigenvalue weighted by Gasteiger charge is -2.12. The van der Waals surface area contributed by atoms with Gasteiger partial charge in [0.15, 0.2) is 0 Å². The molecule has 0 saturated heterocycles. The van der Waals surface area contributed by atoms with Gasteiger partial charge in [-0.25, -0.2) is 13.1 Å². The molecule has 2 aromatic rings. The Hall–Kier alpha value is -2.05. The molecule has 0 aromatic heterocycles. The van der Waals surface area contributed by atoms with E-state index in [1.54, 1.807) is 12.1 Å². The topological polar surface area (TPSA) is 81.4 Å². The van der Waals surface area contributed by atoms with Crippen molar-refractivity contribution < 1.29 is 13.2 Å². The summed E-state index contributed by atoms with van der Waals surface area (Å²) in [6.07, 6.45) is 0. The lowest BCUT2D eigenvalue weighted by Crippen LogP contribution is -2.19. The molecule has 0 saturated carbocycles. The third-order valence-electron chi connectivity index (χ3n) is 2.76. The summed E-state index contributed by atoms with van der Waals surface area (Å²) < 4.78 is 31.7. The number of ether oxygens (including phenoxy) is 1. The van der Waals surface area contributed by atoms with Crippen LogP contribution in [0.3, 0.4) is 0 Å². The zero-order valence-corrected chi connectivity index (χ0v) is 11.9. The zero-order chi connectivity index (χ0) is 14.6. The van der Waals surface area contributed by atoms with E-state index >= 15 is 0 Å². The number of rotatable bonds is 5. The molecule has 0 aliphatic carbocycles. The summed E-state index contributed by atoms with van der Waals surface area (Å²) in [6, 6.07) is 14.1. The zero-order valence-electron chi connectivity index (χ0n) is 11.0. The number of nitrogens with two attached hydrogens (primary N) is 1. The predicted octanol–water partition coefficient (Wildman–Crippen LogP) is 1.76. The first-order chi connectivity index (χ1) is 9.53. The monoisotopic (exact) mass is 292 g/mol. The number of benzene rings is 2. The Morgan fingerprint density at radius 2 is 1.85 bits per heavy atom. The molecule has 0 heterocycles. The molecule has 20 heavy (non-hydrogen) atoms. The lowest BCUT2D eigenvalue weighted by atomic mass is 10.2. The van der Waals surface area contributed by atoms with Gasteiger partial charge in [-0.15, -0.1) is 0 Å². The molecule has 5 nitrogen and oxygen atoms in total. The number of sulfonamides is 1. The summed E-state index contributed by atoms with van der Waals surface area (Å²) in [4.78, 5) is 0.0379. The first-order valence-corrected chi connectivity index (χ1v) is 7.51. The minimum Gasteiger partial charge on any atom is -0.487 e. The summed E-state index contributed by atoms with van der Waals surface area (Å²) in [5.41, 5.74) is 6.96. The fraction of sp³-hybridized carbons (Fsp3) is 0.143. The first-order valence-electron chi connectivity index (χ1n) is 6.03. The second-order valence-electron chi connectivity index (χ2n) is 4.19. The molecule has 2 rings (SSSR count). The second-order valence-corrected chi connectivity index (χ2v) is 6.04. The summed E-state index contributed by atoms with van der Waals surface area (Å²) in [5.74, 6) is 0.275. The van der Waals surface area contributed by atoms with E-state index in [2.05, 4.69) is 4.72 Å². The number of hydrogen-bond donors (Lipinski definition) is 2. The van der Waals surface area contributed by atoms with Crippen LogP contribution in [0.2, 0.25) is 0 Å². The molecule has 0 aliphatic rings. The van der Waals surface area contributed by atoms with Gasteiger partial charge >= 0.3 is 0 Å². The number of nitrogens with one attached hydrogen (secondary N) is 1. The summed E-state index contributed by atoms with van der Waals surface area (Å²) >= 11 is 0. The summed E-state index contributed by atoms with van der Waals surface area (Å²) in [5, 5.41) is 0. The van der Waals surface area contributed by atoms with Crippen LogP contribution < -0.4 is 15.2 Å². The third-order valence-corrected chi connectivity index (χ3v) is 4.20. The van der Waals surface area contributed by atoms with Crippen LogP contribution in [0.25, 0.3) is 0 Å². The van der Waals surface area contributed by atoms with Gasteiger partial charge in [0, 0.05) is 5.69 Å². The highest BCUT2D eigenvalue weighted by molar-refractivity contribution is 7.89. The van der Waals surface area contributed by atoms with Crippen LogP contribution in [0.15, 0.2) is 53.4 Å². The van der Waals surface area contributed by atoms with Crippen LogP contribution in [0.4, 0.5) is 5.69 Å². The Morgan fingerprint density at radius 1 is 1.15 bits per heavy atom. The Bertz CT molecular complexity index is 685. The van der Waals surface area contributed by atoms with Gasteiger partial charge < -0.3 is 10.5 Å². The lowest BCUT2D eigenvalue weighted by molar-refractivity contribution is 0.298. The summed E-state index contributed by atoms with van der Waals surface area (Å²) in [7, 11) is -2.26. The maximum Gasteiger partial charge on any atom is 0.244 e. The van der Waals surface area contributed by atoms with E-state index in [4.69, 9.17) is 10.5 Å². The fourth-order valence-electron chi connectivity index (χ4n) is 1.70. The minimum absolute atomic E-state index is 0.0379. The van der Waals surface area contributed by atoms with Crippen LogP contribution in [0, 0.1) is 0 Å². The van der Waals surface area contributed by atoms with Crippen molar-refractivity contribution in [3.8, 4) is 5.75 Å². The average molecular weight is 292 g/mol. The van der Waals surface area contributed by atoms with Gasteiger partial charge in [-0.05, 0) is 30.8 Å². The molecular weight excluding hydrogens is 276 g/mol. The number of hydrogen-bond acceptors (Lipinski definition) is 4. The molecule has 6 heteroatoms. The van der Waals surface area contributed by atoms with Crippen LogP contribution in [-0.2, 0) is 16.6 Å². The SMILES string of the molecule is CNS(=O)(=O)c1cc(N)ccc1OCc1ccccc1. The van der Waals surface area contributed by atoms with Gasteiger partial charge in [0.25, 0.3) is 0 Å². The number of anilines is 1. The van der Waals surface area contributed by atoms with E-state index < -0.39 is 10.0 Å².